The van der Waals surface area contributed by atoms with E-state index in [0.29, 0.717) is 25.6 Å². The molecule has 18 heavy (non-hydrogen) atoms. The second-order valence-corrected chi connectivity index (χ2v) is 4.63. The van der Waals surface area contributed by atoms with E-state index in [4.69, 9.17) is 10.5 Å². The number of nitrogens with one attached hydrogen (secondary N) is 1. The molecule has 0 saturated heterocycles. The van der Waals surface area contributed by atoms with Crippen molar-refractivity contribution in [3.63, 3.8) is 0 Å². The van der Waals surface area contributed by atoms with Gasteiger partial charge in [-0.05, 0) is 43.5 Å². The molecule has 1 amide bonds. The van der Waals surface area contributed by atoms with E-state index in [1.54, 1.807) is 0 Å². The molecule has 1 aromatic rings. The SMILES string of the molecule is NCCc1cccc(OCCC(=O)NC2CC2)c1. The highest BCUT2D eigenvalue weighted by Gasteiger charge is 2.22. The second-order valence-electron chi connectivity index (χ2n) is 4.63. The van der Waals surface area contributed by atoms with Crippen LogP contribution in [0.2, 0.25) is 0 Å². The van der Waals surface area contributed by atoms with Gasteiger partial charge >= 0.3 is 0 Å². The highest BCUT2D eigenvalue weighted by atomic mass is 16.5. The van der Waals surface area contributed by atoms with Crippen LogP contribution in [0.15, 0.2) is 24.3 Å². The molecule has 0 bridgehead atoms. The van der Waals surface area contributed by atoms with Crippen LogP contribution in [0.25, 0.3) is 0 Å². The van der Waals surface area contributed by atoms with Gasteiger partial charge in [0.2, 0.25) is 5.91 Å². The van der Waals surface area contributed by atoms with Gasteiger partial charge < -0.3 is 15.8 Å². The van der Waals surface area contributed by atoms with Gasteiger partial charge in [-0.15, -0.1) is 0 Å². The smallest absolute Gasteiger partial charge is 0.223 e. The second kappa shape index (κ2) is 6.40. The fourth-order valence-corrected chi connectivity index (χ4v) is 1.75. The van der Waals surface area contributed by atoms with Crippen LogP contribution >= 0.6 is 0 Å². The quantitative estimate of drug-likeness (QED) is 0.763. The summed E-state index contributed by atoms with van der Waals surface area (Å²) < 4.78 is 5.56. The normalized spacial score (nSPS) is 14.3. The summed E-state index contributed by atoms with van der Waals surface area (Å²) in [7, 11) is 0. The summed E-state index contributed by atoms with van der Waals surface area (Å²) in [6, 6.07) is 8.28. The van der Waals surface area contributed by atoms with E-state index in [1.165, 1.54) is 0 Å². The first-order valence-electron chi connectivity index (χ1n) is 6.49. The van der Waals surface area contributed by atoms with Crippen molar-refractivity contribution < 1.29 is 9.53 Å². The first-order valence-corrected chi connectivity index (χ1v) is 6.49. The van der Waals surface area contributed by atoms with Crippen molar-refractivity contribution in [3.05, 3.63) is 29.8 Å². The third kappa shape index (κ3) is 4.37. The van der Waals surface area contributed by atoms with Crippen molar-refractivity contribution in [2.24, 2.45) is 5.73 Å². The standard InChI is InChI=1S/C14H20N2O2/c15-8-6-11-2-1-3-13(10-11)18-9-7-14(17)16-12-4-5-12/h1-3,10,12H,4-9,15H2,(H,16,17). The molecule has 0 atom stereocenters. The van der Waals surface area contributed by atoms with Gasteiger partial charge in [0.05, 0.1) is 13.0 Å². The van der Waals surface area contributed by atoms with Gasteiger partial charge in [0, 0.05) is 6.04 Å². The number of nitrogens with two attached hydrogens (primary N) is 1. The van der Waals surface area contributed by atoms with E-state index in [9.17, 15) is 4.79 Å². The molecular formula is C14H20N2O2. The molecule has 0 unspecified atom stereocenters. The maximum Gasteiger partial charge on any atom is 0.223 e. The van der Waals surface area contributed by atoms with E-state index >= 15 is 0 Å². The summed E-state index contributed by atoms with van der Waals surface area (Å²) in [6.07, 6.45) is 3.50. The first kappa shape index (κ1) is 12.9. The Bertz CT molecular complexity index is 403. The topological polar surface area (TPSA) is 64.3 Å². The minimum absolute atomic E-state index is 0.0793. The minimum Gasteiger partial charge on any atom is -0.493 e. The maximum atomic E-state index is 11.4. The lowest BCUT2D eigenvalue weighted by atomic mass is 10.1. The molecule has 1 fully saturated rings. The van der Waals surface area contributed by atoms with Crippen LogP contribution in [-0.4, -0.2) is 25.1 Å². The number of carbonyl (C=O) groups excluding carboxylic acids is 1. The summed E-state index contributed by atoms with van der Waals surface area (Å²) in [4.78, 5) is 11.4. The van der Waals surface area contributed by atoms with Gasteiger partial charge in [-0.2, -0.15) is 0 Å². The van der Waals surface area contributed by atoms with Crippen LogP contribution in [0, 0.1) is 0 Å². The van der Waals surface area contributed by atoms with E-state index in [-0.39, 0.29) is 5.91 Å². The molecule has 4 nitrogen and oxygen atoms in total. The number of hydrogen-bond donors (Lipinski definition) is 2. The molecule has 98 valence electrons. The third-order valence-electron chi connectivity index (χ3n) is 2.87. The van der Waals surface area contributed by atoms with E-state index in [1.807, 2.05) is 24.3 Å². The molecule has 0 radical (unpaired) electrons. The minimum atomic E-state index is 0.0793. The van der Waals surface area contributed by atoms with Crippen LogP contribution in [0.1, 0.15) is 24.8 Å². The Kier molecular flexibility index (Phi) is 4.59. The fraction of sp³-hybridized carbons (Fsp3) is 0.500. The fourth-order valence-electron chi connectivity index (χ4n) is 1.75. The van der Waals surface area contributed by atoms with E-state index < -0.39 is 0 Å². The summed E-state index contributed by atoms with van der Waals surface area (Å²) in [5.41, 5.74) is 6.67. The van der Waals surface area contributed by atoms with Crippen molar-refractivity contribution >= 4 is 5.91 Å². The van der Waals surface area contributed by atoms with Crippen LogP contribution in [0.3, 0.4) is 0 Å². The molecule has 4 heteroatoms. The molecule has 0 aliphatic heterocycles. The molecular weight excluding hydrogens is 228 g/mol. The molecule has 0 aromatic heterocycles. The molecule has 2 rings (SSSR count). The lowest BCUT2D eigenvalue weighted by Crippen LogP contribution is -2.26. The van der Waals surface area contributed by atoms with Crippen LogP contribution in [0.4, 0.5) is 0 Å². The first-order chi connectivity index (χ1) is 8.78. The van der Waals surface area contributed by atoms with Crippen LogP contribution < -0.4 is 15.8 Å². The molecule has 0 spiro atoms. The number of hydrogen-bond acceptors (Lipinski definition) is 3. The van der Waals surface area contributed by atoms with Gasteiger partial charge in [0.15, 0.2) is 0 Å². The highest BCUT2D eigenvalue weighted by Crippen LogP contribution is 2.18. The molecule has 1 aromatic carbocycles. The zero-order chi connectivity index (χ0) is 12.8. The highest BCUT2D eigenvalue weighted by molar-refractivity contribution is 5.76. The van der Waals surface area contributed by atoms with Crippen LogP contribution in [-0.2, 0) is 11.2 Å². The Balaban J connectivity index is 1.71. The van der Waals surface area contributed by atoms with Crippen molar-refractivity contribution in [2.45, 2.75) is 31.7 Å². The van der Waals surface area contributed by atoms with Crippen molar-refractivity contribution in [1.82, 2.24) is 5.32 Å². The lowest BCUT2D eigenvalue weighted by Gasteiger charge is -2.08. The predicted molar refractivity (Wildman–Crippen MR) is 70.5 cm³/mol. The van der Waals surface area contributed by atoms with Gasteiger partial charge in [0.25, 0.3) is 0 Å². The largest absolute Gasteiger partial charge is 0.493 e. The Morgan fingerprint density at radius 2 is 2.28 bits per heavy atom. The molecule has 3 N–H and O–H groups in total. The molecule has 0 heterocycles. The van der Waals surface area contributed by atoms with Gasteiger partial charge in [-0.3, -0.25) is 4.79 Å². The van der Waals surface area contributed by atoms with Crippen molar-refractivity contribution in [1.29, 1.82) is 0 Å². The zero-order valence-corrected chi connectivity index (χ0v) is 10.5. The van der Waals surface area contributed by atoms with Crippen molar-refractivity contribution in [2.75, 3.05) is 13.2 Å². The number of benzene rings is 1. The predicted octanol–water partition coefficient (Wildman–Crippen LogP) is 1.24. The van der Waals surface area contributed by atoms with E-state index in [2.05, 4.69) is 5.32 Å². The molecule has 1 aliphatic rings. The maximum absolute atomic E-state index is 11.4. The van der Waals surface area contributed by atoms with Crippen molar-refractivity contribution in [3.8, 4) is 5.75 Å². The van der Waals surface area contributed by atoms with Gasteiger partial charge in [-0.1, -0.05) is 12.1 Å². The lowest BCUT2D eigenvalue weighted by molar-refractivity contribution is -0.121. The number of amides is 1. The summed E-state index contributed by atoms with van der Waals surface area (Å²) in [5, 5.41) is 2.94. The monoisotopic (exact) mass is 248 g/mol. The Hall–Kier alpha value is -1.55. The van der Waals surface area contributed by atoms with E-state index in [0.717, 1.165) is 30.6 Å². The average Bonchev–Trinajstić information content (AvgIpc) is 3.14. The summed E-state index contributed by atoms with van der Waals surface area (Å²) in [5.74, 6) is 0.885. The Morgan fingerprint density at radius 3 is 3.00 bits per heavy atom. The summed E-state index contributed by atoms with van der Waals surface area (Å²) in [6.45, 7) is 1.05. The van der Waals surface area contributed by atoms with Gasteiger partial charge in [0.1, 0.15) is 5.75 Å². The van der Waals surface area contributed by atoms with Gasteiger partial charge in [-0.25, -0.2) is 0 Å². The third-order valence-corrected chi connectivity index (χ3v) is 2.87. The number of rotatable bonds is 7. The molecule has 1 aliphatic carbocycles. The Morgan fingerprint density at radius 1 is 1.44 bits per heavy atom. The number of carbonyl (C=O) groups is 1. The summed E-state index contributed by atoms with van der Waals surface area (Å²) >= 11 is 0. The molecule has 1 saturated carbocycles. The van der Waals surface area contributed by atoms with Crippen LogP contribution in [0.5, 0.6) is 5.75 Å². The average molecular weight is 248 g/mol. The number of ether oxygens (including phenoxy) is 1. The zero-order valence-electron chi connectivity index (χ0n) is 10.5. The Labute approximate surface area is 108 Å².